The quantitative estimate of drug-likeness (QED) is 0.325. The van der Waals surface area contributed by atoms with E-state index in [9.17, 15) is 4.79 Å². The number of hydrogen-bond acceptors (Lipinski definition) is 4. The fraction of sp³-hybridized carbons (Fsp3) is 0.667. The van der Waals surface area contributed by atoms with Crippen molar-refractivity contribution in [2.24, 2.45) is 10.9 Å². The molecule has 1 aliphatic carbocycles. The normalized spacial score (nSPS) is 19.9. The van der Waals surface area contributed by atoms with Crippen molar-refractivity contribution in [3.8, 4) is 0 Å². The topological polar surface area (TPSA) is 72.9 Å². The van der Waals surface area contributed by atoms with Crippen LogP contribution >= 0.6 is 35.6 Å². The molecule has 2 fully saturated rings. The molecular formula is C21H34ClIN6O. The first kappa shape index (κ1) is 25.0. The number of guanidine groups is 1. The molecule has 9 heteroatoms. The molecule has 0 spiro atoms. The summed E-state index contributed by atoms with van der Waals surface area (Å²) in [6.07, 6.45) is 9.26. The number of nitrogens with one attached hydrogen (secondary N) is 2. The van der Waals surface area contributed by atoms with Crippen LogP contribution in [0.15, 0.2) is 23.3 Å². The number of halogens is 2. The first-order valence-electron chi connectivity index (χ1n) is 10.6. The van der Waals surface area contributed by atoms with E-state index < -0.39 is 0 Å². The van der Waals surface area contributed by atoms with Gasteiger partial charge in [-0.2, -0.15) is 0 Å². The highest BCUT2D eigenvalue weighted by Crippen LogP contribution is 2.26. The summed E-state index contributed by atoms with van der Waals surface area (Å²) in [5.41, 5.74) is 0. The highest BCUT2D eigenvalue weighted by molar-refractivity contribution is 14.0. The number of nitrogens with zero attached hydrogens (tertiary/aromatic N) is 4. The summed E-state index contributed by atoms with van der Waals surface area (Å²) in [7, 11) is 3.51. The number of likely N-dealkylation sites (N-methyl/N-ethyl adjacent to an activating group) is 1. The minimum Gasteiger partial charge on any atom is -0.356 e. The van der Waals surface area contributed by atoms with E-state index in [1.54, 1.807) is 25.2 Å². The third-order valence-corrected chi connectivity index (χ3v) is 6.02. The van der Waals surface area contributed by atoms with Gasteiger partial charge in [-0.25, -0.2) is 9.98 Å². The fourth-order valence-corrected chi connectivity index (χ4v) is 4.19. The van der Waals surface area contributed by atoms with Crippen molar-refractivity contribution in [3.63, 3.8) is 0 Å². The molecular weight excluding hydrogens is 515 g/mol. The van der Waals surface area contributed by atoms with E-state index in [2.05, 4.69) is 25.5 Å². The molecule has 7 nitrogen and oxygen atoms in total. The summed E-state index contributed by atoms with van der Waals surface area (Å²) in [5, 5.41) is 7.68. The number of pyridine rings is 1. The maximum Gasteiger partial charge on any atom is 0.243 e. The highest BCUT2D eigenvalue weighted by atomic mass is 127. The van der Waals surface area contributed by atoms with Gasteiger partial charge in [0.15, 0.2) is 5.96 Å². The Balaban J connectivity index is 0.00000320. The molecule has 1 unspecified atom stereocenters. The number of amides is 1. The largest absolute Gasteiger partial charge is 0.356 e. The average Bonchev–Trinajstić information content (AvgIpc) is 3.19. The van der Waals surface area contributed by atoms with Gasteiger partial charge in [0.25, 0.3) is 0 Å². The lowest BCUT2D eigenvalue weighted by Gasteiger charge is -2.24. The second-order valence-electron chi connectivity index (χ2n) is 8.22. The van der Waals surface area contributed by atoms with Gasteiger partial charge < -0.3 is 20.4 Å². The maximum atomic E-state index is 12.0. The van der Waals surface area contributed by atoms with Crippen molar-refractivity contribution in [3.05, 3.63) is 23.4 Å². The van der Waals surface area contributed by atoms with E-state index in [4.69, 9.17) is 11.6 Å². The number of anilines is 1. The molecule has 0 bridgehead atoms. The summed E-state index contributed by atoms with van der Waals surface area (Å²) < 4.78 is 0. The lowest BCUT2D eigenvalue weighted by molar-refractivity contribution is -0.127. The van der Waals surface area contributed by atoms with E-state index >= 15 is 0 Å². The molecule has 1 aromatic heterocycles. The van der Waals surface area contributed by atoms with Gasteiger partial charge in [0.05, 0.1) is 5.02 Å². The van der Waals surface area contributed by atoms with Crippen molar-refractivity contribution >= 4 is 53.3 Å². The average molecular weight is 549 g/mol. The zero-order valence-corrected chi connectivity index (χ0v) is 21.0. The zero-order valence-electron chi connectivity index (χ0n) is 17.9. The van der Waals surface area contributed by atoms with E-state index in [0.29, 0.717) is 10.9 Å². The standard InChI is InChI=1S/C21H33ClN6O.HI/c1-27(2)19(29)14-25-21(24-13-16-7-4-3-5-8-16)26-17-10-12-28(15-17)20-18(22)9-6-11-23-20;/h6,9,11,16-17H,3-5,7-8,10,12-15H2,1-2H3,(H2,24,25,26);1H. The zero-order chi connectivity index (χ0) is 20.6. The molecule has 2 heterocycles. The number of rotatable bonds is 6. The first-order chi connectivity index (χ1) is 14.0. The van der Waals surface area contributed by atoms with Crippen LogP contribution in [0.25, 0.3) is 0 Å². The maximum absolute atomic E-state index is 12.0. The van der Waals surface area contributed by atoms with E-state index in [1.807, 2.05) is 12.1 Å². The van der Waals surface area contributed by atoms with Crippen LogP contribution in [-0.2, 0) is 4.79 Å². The predicted molar refractivity (Wildman–Crippen MR) is 134 cm³/mol. The molecule has 1 amide bonds. The fourth-order valence-electron chi connectivity index (χ4n) is 3.95. The minimum absolute atomic E-state index is 0. The van der Waals surface area contributed by atoms with Crippen LogP contribution in [0.3, 0.4) is 0 Å². The Bertz CT molecular complexity index is 710. The summed E-state index contributed by atoms with van der Waals surface area (Å²) >= 11 is 6.30. The van der Waals surface area contributed by atoms with Crippen LogP contribution in [0.2, 0.25) is 5.02 Å². The number of carbonyl (C=O) groups is 1. The summed E-state index contributed by atoms with van der Waals surface area (Å²) in [5.74, 6) is 2.24. The molecule has 1 aliphatic heterocycles. The van der Waals surface area contributed by atoms with Crippen molar-refractivity contribution in [1.82, 2.24) is 20.5 Å². The van der Waals surface area contributed by atoms with Crippen LogP contribution in [0.1, 0.15) is 38.5 Å². The van der Waals surface area contributed by atoms with Crippen molar-refractivity contribution < 1.29 is 4.79 Å². The van der Waals surface area contributed by atoms with Gasteiger partial charge in [-0.3, -0.25) is 4.79 Å². The smallest absolute Gasteiger partial charge is 0.243 e. The Labute approximate surface area is 202 Å². The summed E-state index contributed by atoms with van der Waals surface area (Å²) in [6, 6.07) is 3.95. The Morgan fingerprint density at radius 1 is 1.30 bits per heavy atom. The van der Waals surface area contributed by atoms with Gasteiger partial charge in [-0.1, -0.05) is 30.9 Å². The first-order valence-corrected chi connectivity index (χ1v) is 11.0. The second kappa shape index (κ2) is 12.5. The summed E-state index contributed by atoms with van der Waals surface area (Å²) in [4.78, 5) is 24.7. The van der Waals surface area contributed by atoms with Crippen LogP contribution in [-0.4, -0.2) is 68.1 Å². The van der Waals surface area contributed by atoms with Gasteiger partial charge in [-0.15, -0.1) is 24.0 Å². The molecule has 3 rings (SSSR count). The predicted octanol–water partition coefficient (Wildman–Crippen LogP) is 3.14. The van der Waals surface area contributed by atoms with Crippen molar-refractivity contribution in [2.45, 2.75) is 44.6 Å². The van der Waals surface area contributed by atoms with Gasteiger partial charge in [0, 0.05) is 46.0 Å². The highest BCUT2D eigenvalue weighted by Gasteiger charge is 2.26. The van der Waals surface area contributed by atoms with Gasteiger partial charge >= 0.3 is 0 Å². The molecule has 1 saturated heterocycles. The molecule has 168 valence electrons. The van der Waals surface area contributed by atoms with E-state index in [1.165, 1.54) is 32.1 Å². The van der Waals surface area contributed by atoms with Crippen LogP contribution in [0.4, 0.5) is 5.82 Å². The Kier molecular flexibility index (Phi) is 10.4. The molecule has 0 radical (unpaired) electrons. The van der Waals surface area contributed by atoms with Crippen LogP contribution in [0.5, 0.6) is 0 Å². The second-order valence-corrected chi connectivity index (χ2v) is 8.63. The monoisotopic (exact) mass is 548 g/mol. The third-order valence-electron chi connectivity index (χ3n) is 5.72. The van der Waals surface area contributed by atoms with E-state index in [-0.39, 0.29) is 42.5 Å². The lowest BCUT2D eigenvalue weighted by atomic mass is 9.89. The lowest BCUT2D eigenvalue weighted by Crippen LogP contribution is -2.46. The number of hydrogen-bond donors (Lipinski definition) is 2. The van der Waals surface area contributed by atoms with Gasteiger partial charge in [-0.05, 0) is 37.3 Å². The molecule has 1 aromatic rings. The molecule has 1 saturated carbocycles. The molecule has 2 N–H and O–H groups in total. The summed E-state index contributed by atoms with van der Waals surface area (Å²) in [6.45, 7) is 2.75. The number of aliphatic imine (C=N–C) groups is 1. The van der Waals surface area contributed by atoms with Crippen molar-refractivity contribution in [1.29, 1.82) is 0 Å². The van der Waals surface area contributed by atoms with Crippen molar-refractivity contribution in [2.75, 3.05) is 45.2 Å². The third kappa shape index (κ3) is 7.44. The Hall–Kier alpha value is -1.29. The van der Waals surface area contributed by atoms with Crippen LogP contribution < -0.4 is 15.5 Å². The Morgan fingerprint density at radius 2 is 2.07 bits per heavy atom. The molecule has 0 aromatic carbocycles. The number of aromatic nitrogens is 1. The molecule has 30 heavy (non-hydrogen) atoms. The molecule has 1 atom stereocenters. The van der Waals surface area contributed by atoms with Crippen LogP contribution in [0, 0.1) is 5.92 Å². The van der Waals surface area contributed by atoms with E-state index in [0.717, 1.165) is 37.8 Å². The Morgan fingerprint density at radius 3 is 2.77 bits per heavy atom. The molecule has 2 aliphatic rings. The van der Waals surface area contributed by atoms with Gasteiger partial charge in [0.2, 0.25) is 5.91 Å². The van der Waals surface area contributed by atoms with Gasteiger partial charge in [0.1, 0.15) is 12.4 Å². The SMILES string of the molecule is CN(C)C(=O)CN=C(NCC1CCCCC1)NC1CCN(c2ncccc2Cl)C1.I. The minimum atomic E-state index is -0.00270. The number of carbonyl (C=O) groups excluding carboxylic acids is 1.